The second-order valence-electron chi connectivity index (χ2n) is 7.10. The van der Waals surface area contributed by atoms with Crippen molar-refractivity contribution < 1.29 is 33.2 Å². The van der Waals surface area contributed by atoms with Gasteiger partial charge in [-0.3, -0.25) is 25.2 Å². The smallest absolute Gasteiger partial charge is 0.305 e. The van der Waals surface area contributed by atoms with Gasteiger partial charge in [0.05, 0.1) is 32.4 Å². The minimum absolute atomic E-state index is 0.112. The van der Waals surface area contributed by atoms with Gasteiger partial charge in [-0.15, -0.1) is 0 Å². The van der Waals surface area contributed by atoms with Crippen molar-refractivity contribution in [2.75, 3.05) is 39.3 Å². The molecule has 0 saturated carbocycles. The van der Waals surface area contributed by atoms with Crippen LogP contribution in [-0.2, 0) is 9.59 Å². The van der Waals surface area contributed by atoms with Crippen molar-refractivity contribution in [1.29, 1.82) is 0 Å². The van der Waals surface area contributed by atoms with E-state index in [-0.39, 0.29) is 30.7 Å². The highest BCUT2D eigenvalue weighted by molar-refractivity contribution is 5.92. The van der Waals surface area contributed by atoms with Crippen LogP contribution in [0.3, 0.4) is 0 Å². The fourth-order valence-electron chi connectivity index (χ4n) is 3.43. The van der Waals surface area contributed by atoms with Gasteiger partial charge in [-0.1, -0.05) is 12.1 Å². The Kier molecular flexibility index (Phi) is 5.84. The first kappa shape index (κ1) is 19.8. The maximum Gasteiger partial charge on any atom is 0.305 e. The lowest BCUT2D eigenvalue weighted by atomic mass is 10.2. The molecule has 30 heavy (non-hydrogen) atoms. The topological polar surface area (TPSA) is 115 Å². The molecule has 1 fully saturated rings. The van der Waals surface area contributed by atoms with Crippen molar-refractivity contribution in [3.8, 4) is 11.5 Å². The second kappa shape index (κ2) is 8.87. The fourth-order valence-corrected chi connectivity index (χ4v) is 3.43. The van der Waals surface area contributed by atoms with E-state index in [0.29, 0.717) is 37.7 Å². The van der Waals surface area contributed by atoms with Gasteiger partial charge in [0.2, 0.25) is 6.10 Å². The highest BCUT2D eigenvalue weighted by Gasteiger charge is 2.34. The van der Waals surface area contributed by atoms with Crippen LogP contribution in [0, 0.1) is 0 Å². The van der Waals surface area contributed by atoms with Gasteiger partial charge in [0.25, 0.3) is 11.8 Å². The van der Waals surface area contributed by atoms with Crippen molar-refractivity contribution in [2.24, 2.45) is 0 Å². The summed E-state index contributed by atoms with van der Waals surface area (Å²) in [6.45, 7) is 2.64. The SMILES string of the molecule is O=C(C[NH+]1CCN(C(=O)[C@H]2COc3ccccc3O2)CC1)NNC(=O)c1ccco1. The predicted molar refractivity (Wildman–Crippen MR) is 103 cm³/mol. The first-order valence-corrected chi connectivity index (χ1v) is 9.73. The normalized spacial score (nSPS) is 18.5. The average Bonchev–Trinajstić information content (AvgIpc) is 3.32. The van der Waals surface area contributed by atoms with Crippen molar-refractivity contribution in [2.45, 2.75) is 6.10 Å². The molecule has 2 aromatic rings. The molecule has 1 aromatic heterocycles. The molecule has 1 atom stereocenters. The fraction of sp³-hybridized carbons (Fsp3) is 0.350. The summed E-state index contributed by atoms with van der Waals surface area (Å²) < 4.78 is 16.4. The van der Waals surface area contributed by atoms with Crippen molar-refractivity contribution in [3.63, 3.8) is 0 Å². The Labute approximate surface area is 172 Å². The zero-order valence-corrected chi connectivity index (χ0v) is 16.3. The van der Waals surface area contributed by atoms with Gasteiger partial charge in [-0.2, -0.15) is 0 Å². The van der Waals surface area contributed by atoms with E-state index in [4.69, 9.17) is 13.9 Å². The number of hydrazine groups is 1. The van der Waals surface area contributed by atoms with Crippen LogP contribution < -0.4 is 25.2 Å². The molecule has 158 valence electrons. The minimum atomic E-state index is -0.665. The number of nitrogens with one attached hydrogen (secondary N) is 3. The van der Waals surface area contributed by atoms with Gasteiger partial charge < -0.3 is 23.7 Å². The Morgan fingerprint density at radius 2 is 1.80 bits per heavy atom. The number of furan rings is 1. The summed E-state index contributed by atoms with van der Waals surface area (Å²) in [7, 11) is 0. The number of carbonyl (C=O) groups excluding carboxylic acids is 3. The minimum Gasteiger partial charge on any atom is -0.485 e. The van der Waals surface area contributed by atoms with Gasteiger partial charge in [0.1, 0.15) is 6.61 Å². The summed E-state index contributed by atoms with van der Waals surface area (Å²) in [6, 6.07) is 10.4. The number of amides is 3. The van der Waals surface area contributed by atoms with Crippen molar-refractivity contribution >= 4 is 17.7 Å². The molecule has 1 saturated heterocycles. The Bertz CT molecular complexity index is 908. The molecule has 3 heterocycles. The van der Waals surface area contributed by atoms with E-state index in [0.717, 1.165) is 4.90 Å². The van der Waals surface area contributed by atoms with Gasteiger partial charge in [-0.05, 0) is 24.3 Å². The van der Waals surface area contributed by atoms with Gasteiger partial charge in [0.15, 0.2) is 23.8 Å². The molecular formula is C20H23N4O6+. The van der Waals surface area contributed by atoms with Gasteiger partial charge in [-0.25, -0.2) is 0 Å². The molecule has 0 spiro atoms. The molecule has 4 rings (SSSR count). The highest BCUT2D eigenvalue weighted by atomic mass is 16.6. The molecule has 10 nitrogen and oxygen atoms in total. The zero-order chi connectivity index (χ0) is 20.9. The summed E-state index contributed by atoms with van der Waals surface area (Å²) >= 11 is 0. The van der Waals surface area contributed by atoms with Crippen molar-refractivity contribution in [1.82, 2.24) is 15.8 Å². The van der Waals surface area contributed by atoms with E-state index < -0.39 is 12.0 Å². The van der Waals surface area contributed by atoms with E-state index in [9.17, 15) is 14.4 Å². The Balaban J connectivity index is 1.20. The average molecular weight is 415 g/mol. The summed E-state index contributed by atoms with van der Waals surface area (Å²) in [6.07, 6.45) is 0.715. The van der Waals surface area contributed by atoms with Crippen LogP contribution in [0.2, 0.25) is 0 Å². The molecule has 10 heteroatoms. The molecule has 3 N–H and O–H groups in total. The lowest BCUT2D eigenvalue weighted by Gasteiger charge is -2.35. The lowest BCUT2D eigenvalue weighted by molar-refractivity contribution is -0.896. The first-order valence-electron chi connectivity index (χ1n) is 9.73. The van der Waals surface area contributed by atoms with Gasteiger partial charge in [0, 0.05) is 0 Å². The third-order valence-electron chi connectivity index (χ3n) is 5.04. The predicted octanol–water partition coefficient (Wildman–Crippen LogP) is -1.39. The standard InChI is InChI=1S/C20H22N4O6/c25-18(21-22-19(26)16-6-3-11-28-16)12-23-7-9-24(10-8-23)20(27)17-13-29-14-4-1-2-5-15(14)30-17/h1-6,11,17H,7-10,12-13H2,(H,21,25)(H,22,26)/p+1/t17-/m1/s1. The molecule has 0 bridgehead atoms. The monoisotopic (exact) mass is 415 g/mol. The number of piperazine rings is 1. The quantitative estimate of drug-likeness (QED) is 0.530. The molecular weight excluding hydrogens is 392 g/mol. The molecule has 2 aliphatic rings. The maximum absolute atomic E-state index is 12.8. The largest absolute Gasteiger partial charge is 0.485 e. The van der Waals surface area contributed by atoms with E-state index in [1.807, 2.05) is 12.1 Å². The van der Waals surface area contributed by atoms with E-state index in [2.05, 4.69) is 10.9 Å². The summed E-state index contributed by atoms with van der Waals surface area (Å²) in [5.41, 5.74) is 4.69. The van der Waals surface area contributed by atoms with Crippen LogP contribution in [-0.4, -0.2) is 68.1 Å². The first-order chi connectivity index (χ1) is 14.6. The van der Waals surface area contributed by atoms with Crippen LogP contribution in [0.4, 0.5) is 0 Å². The molecule has 1 aromatic carbocycles. The molecule has 3 amide bonds. The van der Waals surface area contributed by atoms with E-state index >= 15 is 0 Å². The Hall–Kier alpha value is -3.53. The summed E-state index contributed by atoms with van der Waals surface area (Å²) in [4.78, 5) is 39.3. The third kappa shape index (κ3) is 4.54. The number of hydrogen-bond acceptors (Lipinski definition) is 6. The molecule has 0 unspecified atom stereocenters. The lowest BCUT2D eigenvalue weighted by Crippen LogP contribution is -3.16. The van der Waals surface area contributed by atoms with Crippen LogP contribution >= 0.6 is 0 Å². The zero-order valence-electron chi connectivity index (χ0n) is 16.3. The van der Waals surface area contributed by atoms with Crippen LogP contribution in [0.5, 0.6) is 11.5 Å². The molecule has 0 radical (unpaired) electrons. The Morgan fingerprint density at radius 1 is 1.03 bits per heavy atom. The molecule has 2 aliphatic heterocycles. The number of hydrogen-bond donors (Lipinski definition) is 3. The number of quaternary nitrogens is 1. The van der Waals surface area contributed by atoms with E-state index in [1.165, 1.54) is 12.3 Å². The second-order valence-corrected chi connectivity index (χ2v) is 7.10. The number of ether oxygens (including phenoxy) is 2. The number of para-hydroxylation sites is 2. The number of carbonyl (C=O) groups is 3. The Morgan fingerprint density at radius 3 is 2.53 bits per heavy atom. The number of rotatable bonds is 4. The van der Waals surface area contributed by atoms with Crippen LogP contribution in [0.25, 0.3) is 0 Å². The summed E-state index contributed by atoms with van der Waals surface area (Å²) in [5.74, 6) is 0.381. The number of fused-ring (bicyclic) bond motifs is 1. The number of nitrogens with zero attached hydrogens (tertiary/aromatic N) is 1. The third-order valence-corrected chi connectivity index (χ3v) is 5.04. The van der Waals surface area contributed by atoms with Crippen LogP contribution in [0.1, 0.15) is 10.6 Å². The molecule has 0 aliphatic carbocycles. The highest BCUT2D eigenvalue weighted by Crippen LogP contribution is 2.31. The number of benzene rings is 1. The summed E-state index contributed by atoms with van der Waals surface area (Å²) in [5, 5.41) is 0. The van der Waals surface area contributed by atoms with Crippen LogP contribution in [0.15, 0.2) is 47.1 Å². The van der Waals surface area contributed by atoms with E-state index in [1.54, 1.807) is 23.1 Å². The van der Waals surface area contributed by atoms with Crippen molar-refractivity contribution in [3.05, 3.63) is 48.4 Å². The van der Waals surface area contributed by atoms with Gasteiger partial charge >= 0.3 is 5.91 Å². The maximum atomic E-state index is 12.8.